The van der Waals surface area contributed by atoms with Crippen LogP contribution in [0.3, 0.4) is 0 Å². The van der Waals surface area contributed by atoms with E-state index < -0.39 is 0 Å². The maximum Gasteiger partial charge on any atom is 0.139 e. The number of ether oxygens (including phenoxy) is 2. The molecule has 21 heavy (non-hydrogen) atoms. The van der Waals surface area contributed by atoms with E-state index >= 15 is 0 Å². The second-order valence-electron chi connectivity index (χ2n) is 5.18. The molecule has 0 aromatic heterocycles. The molecular weight excluding hydrogens is 262 g/mol. The Labute approximate surface area is 126 Å². The summed E-state index contributed by atoms with van der Waals surface area (Å²) in [7, 11) is 1.66. The zero-order valence-electron chi connectivity index (χ0n) is 12.9. The summed E-state index contributed by atoms with van der Waals surface area (Å²) in [5.74, 6) is 1.66. The van der Waals surface area contributed by atoms with Gasteiger partial charge in [0.05, 0.1) is 7.11 Å². The summed E-state index contributed by atoms with van der Waals surface area (Å²) in [6, 6.07) is 15.9. The molecule has 2 N–H and O–H groups in total. The summed E-state index contributed by atoms with van der Waals surface area (Å²) in [6.07, 6.45) is 0.784. The first-order valence-electron chi connectivity index (χ1n) is 7.29. The molecule has 0 aliphatic heterocycles. The number of aryl methyl sites for hydroxylation is 1. The minimum absolute atomic E-state index is 0.123. The molecule has 2 rings (SSSR count). The number of hydrogen-bond donors (Lipinski definition) is 1. The van der Waals surface area contributed by atoms with Gasteiger partial charge in [-0.3, -0.25) is 0 Å². The van der Waals surface area contributed by atoms with Crippen molar-refractivity contribution in [2.45, 2.75) is 32.4 Å². The van der Waals surface area contributed by atoms with E-state index in [1.165, 1.54) is 5.56 Å². The third-order valence-electron chi connectivity index (χ3n) is 3.47. The zero-order valence-corrected chi connectivity index (χ0v) is 12.9. The quantitative estimate of drug-likeness (QED) is 0.879. The molecular formula is C18H23NO2. The molecule has 3 heteroatoms. The molecule has 0 fully saturated rings. The molecule has 2 atom stereocenters. The van der Waals surface area contributed by atoms with E-state index in [0.717, 1.165) is 23.5 Å². The minimum Gasteiger partial charge on any atom is -0.497 e. The Bertz CT molecular complexity index is 581. The van der Waals surface area contributed by atoms with Gasteiger partial charge in [-0.15, -0.1) is 0 Å². The molecule has 0 aliphatic rings. The second kappa shape index (κ2) is 7.14. The highest BCUT2D eigenvalue weighted by Gasteiger charge is 2.19. The van der Waals surface area contributed by atoms with Crippen LogP contribution in [0.2, 0.25) is 0 Å². The fourth-order valence-electron chi connectivity index (χ4n) is 2.28. The van der Waals surface area contributed by atoms with Crippen molar-refractivity contribution in [2.24, 2.45) is 5.73 Å². The van der Waals surface area contributed by atoms with Crippen molar-refractivity contribution < 1.29 is 9.47 Å². The van der Waals surface area contributed by atoms with Crippen LogP contribution in [0.25, 0.3) is 0 Å². The fraction of sp³-hybridized carbons (Fsp3) is 0.333. The predicted octanol–water partition coefficient (Wildman–Crippen LogP) is 3.72. The van der Waals surface area contributed by atoms with Crippen LogP contribution in [0.5, 0.6) is 11.5 Å². The number of benzene rings is 2. The van der Waals surface area contributed by atoms with Crippen molar-refractivity contribution in [3.8, 4) is 11.5 Å². The molecule has 0 bridgehead atoms. The summed E-state index contributed by atoms with van der Waals surface area (Å²) in [6.45, 7) is 4.08. The van der Waals surface area contributed by atoms with E-state index in [2.05, 4.69) is 19.1 Å². The molecule has 3 nitrogen and oxygen atoms in total. The number of methoxy groups -OCH3 is 1. The molecule has 0 spiro atoms. The van der Waals surface area contributed by atoms with Gasteiger partial charge < -0.3 is 15.2 Å². The molecule has 0 amide bonds. The summed E-state index contributed by atoms with van der Waals surface area (Å²) in [5, 5.41) is 0. The lowest BCUT2D eigenvalue weighted by molar-refractivity contribution is 0.180. The van der Waals surface area contributed by atoms with Crippen LogP contribution in [0, 0.1) is 0 Å². The van der Waals surface area contributed by atoms with Gasteiger partial charge in [-0.05, 0) is 48.7 Å². The number of nitrogens with two attached hydrogens (primary N) is 1. The maximum absolute atomic E-state index is 6.12. The van der Waals surface area contributed by atoms with Crippen LogP contribution in [-0.4, -0.2) is 13.2 Å². The van der Waals surface area contributed by atoms with Gasteiger partial charge in [0.15, 0.2) is 0 Å². The number of rotatable bonds is 6. The topological polar surface area (TPSA) is 44.5 Å². The first-order chi connectivity index (χ1) is 10.1. The molecule has 2 unspecified atom stereocenters. The Balaban J connectivity index is 2.26. The molecule has 0 aliphatic carbocycles. The third kappa shape index (κ3) is 3.99. The lowest BCUT2D eigenvalue weighted by Gasteiger charge is -2.23. The Morgan fingerprint density at radius 1 is 1.05 bits per heavy atom. The zero-order chi connectivity index (χ0) is 15.2. The lowest BCUT2D eigenvalue weighted by Crippen LogP contribution is -2.29. The molecule has 2 aromatic carbocycles. The highest BCUT2D eigenvalue weighted by Crippen LogP contribution is 2.27. The summed E-state index contributed by atoms with van der Waals surface area (Å²) < 4.78 is 11.4. The van der Waals surface area contributed by atoms with Gasteiger partial charge in [0.25, 0.3) is 0 Å². The molecule has 0 radical (unpaired) electrons. The normalized spacial score (nSPS) is 13.5. The average Bonchev–Trinajstić information content (AvgIpc) is 2.52. The van der Waals surface area contributed by atoms with E-state index in [1.807, 2.05) is 43.3 Å². The van der Waals surface area contributed by atoms with Gasteiger partial charge in [0.2, 0.25) is 0 Å². The van der Waals surface area contributed by atoms with Crippen molar-refractivity contribution >= 4 is 0 Å². The van der Waals surface area contributed by atoms with Gasteiger partial charge >= 0.3 is 0 Å². The van der Waals surface area contributed by atoms with Crippen molar-refractivity contribution in [2.75, 3.05) is 7.11 Å². The smallest absolute Gasteiger partial charge is 0.139 e. The first kappa shape index (κ1) is 15.4. The van der Waals surface area contributed by atoms with Crippen LogP contribution in [-0.2, 0) is 6.42 Å². The maximum atomic E-state index is 6.12. The Kier molecular flexibility index (Phi) is 5.23. The van der Waals surface area contributed by atoms with E-state index in [0.29, 0.717) is 0 Å². The van der Waals surface area contributed by atoms with Gasteiger partial charge in [0, 0.05) is 6.04 Å². The van der Waals surface area contributed by atoms with Gasteiger partial charge in [0.1, 0.15) is 17.6 Å². The minimum atomic E-state index is -0.202. The van der Waals surface area contributed by atoms with Gasteiger partial charge in [-0.25, -0.2) is 0 Å². The Hall–Kier alpha value is -2.00. The van der Waals surface area contributed by atoms with Crippen LogP contribution in [0.4, 0.5) is 0 Å². The highest BCUT2D eigenvalue weighted by atomic mass is 16.5. The van der Waals surface area contributed by atoms with Crippen LogP contribution >= 0.6 is 0 Å². The van der Waals surface area contributed by atoms with Crippen molar-refractivity contribution in [3.05, 3.63) is 59.7 Å². The largest absolute Gasteiger partial charge is 0.497 e. The molecule has 112 valence electrons. The van der Waals surface area contributed by atoms with Gasteiger partial charge in [-0.1, -0.05) is 31.2 Å². The van der Waals surface area contributed by atoms with Crippen molar-refractivity contribution in [1.82, 2.24) is 0 Å². The fourth-order valence-corrected chi connectivity index (χ4v) is 2.28. The summed E-state index contributed by atoms with van der Waals surface area (Å²) in [5.41, 5.74) is 8.38. The molecule has 0 saturated carbocycles. The van der Waals surface area contributed by atoms with Crippen LogP contribution in [0.15, 0.2) is 48.5 Å². The molecule has 0 heterocycles. The monoisotopic (exact) mass is 285 g/mol. The van der Waals surface area contributed by atoms with Gasteiger partial charge in [-0.2, -0.15) is 0 Å². The standard InChI is InChI=1S/C18H23NO2/c1-4-14-7-5-10-17(11-14)21-18(13(2)19)15-8-6-9-16(12-15)20-3/h5-13,18H,4,19H2,1-3H3. The number of hydrogen-bond acceptors (Lipinski definition) is 3. The SMILES string of the molecule is CCc1cccc(OC(c2cccc(OC)c2)C(C)N)c1. The summed E-state index contributed by atoms with van der Waals surface area (Å²) >= 11 is 0. The molecule has 2 aromatic rings. The lowest BCUT2D eigenvalue weighted by atomic mass is 10.0. The van der Waals surface area contributed by atoms with E-state index in [9.17, 15) is 0 Å². The predicted molar refractivity (Wildman–Crippen MR) is 85.8 cm³/mol. The Morgan fingerprint density at radius 3 is 2.43 bits per heavy atom. The second-order valence-corrected chi connectivity index (χ2v) is 5.18. The van der Waals surface area contributed by atoms with Crippen LogP contribution < -0.4 is 15.2 Å². The third-order valence-corrected chi connectivity index (χ3v) is 3.47. The highest BCUT2D eigenvalue weighted by molar-refractivity contribution is 5.33. The van der Waals surface area contributed by atoms with E-state index in [-0.39, 0.29) is 12.1 Å². The molecule has 0 saturated heterocycles. The van der Waals surface area contributed by atoms with Crippen molar-refractivity contribution in [3.63, 3.8) is 0 Å². The van der Waals surface area contributed by atoms with Crippen LogP contribution in [0.1, 0.15) is 31.1 Å². The Morgan fingerprint density at radius 2 is 1.76 bits per heavy atom. The average molecular weight is 285 g/mol. The first-order valence-corrected chi connectivity index (χ1v) is 7.29. The van der Waals surface area contributed by atoms with E-state index in [1.54, 1.807) is 7.11 Å². The summed E-state index contributed by atoms with van der Waals surface area (Å²) in [4.78, 5) is 0. The van der Waals surface area contributed by atoms with E-state index in [4.69, 9.17) is 15.2 Å². The van der Waals surface area contributed by atoms with Crippen molar-refractivity contribution in [1.29, 1.82) is 0 Å².